The maximum absolute atomic E-state index is 12.9. The van der Waals surface area contributed by atoms with E-state index < -0.39 is 99.3 Å². The molecule has 0 saturated carbocycles. The highest BCUT2D eigenvalue weighted by Crippen LogP contribution is 2.26. The number of allylic oxidation sites excluding steroid dienone is 20. The molecule has 2 heterocycles. The average molecular weight is 943 g/mol. The Labute approximate surface area is 397 Å². The fraction of sp³-hybridized carbons (Fsp3) is 0.577. The van der Waals surface area contributed by atoms with E-state index in [1.807, 2.05) is 97.2 Å². The smallest absolute Gasteiger partial charge is 0.306 e. The molecule has 11 atom stereocenters. The second-order valence-corrected chi connectivity index (χ2v) is 16.1. The van der Waals surface area contributed by atoms with Gasteiger partial charge in [-0.25, -0.2) is 0 Å². The standard InChI is InChI=1S/C52H78O15/c1-3-5-7-9-11-13-15-17-18-19-20-21-23-24-26-28-30-32-34-43(54)62-37-40(65-44(55)35-33-31-29-27-25-22-16-14-12-10-8-6-4-2)38-63-51-50(61)48(59)46(57)42(67-51)39-64-52-49(60)47(58)45(56)41(36-53)66-52/h6-22,25,27,29,40-42,45-53,56-61H,3-5,23-24,26,28,30-39H2,1-2H3/b8-6+,9-7+,12-10+,13-11+,16-14+,17-15+,19-18+,21-20+,25-22+,29-27+/t40?,41-,42-,45+,46+,47?,48?,49?,50?,51-,52-/m1/s1. The van der Waals surface area contributed by atoms with E-state index in [1.165, 1.54) is 0 Å². The van der Waals surface area contributed by atoms with Crippen molar-refractivity contribution >= 4 is 11.9 Å². The number of ether oxygens (including phenoxy) is 6. The molecule has 0 amide bonds. The Bertz CT molecular complexity index is 1630. The van der Waals surface area contributed by atoms with Crippen LogP contribution >= 0.6 is 0 Å². The lowest BCUT2D eigenvalue weighted by Gasteiger charge is -2.42. The lowest BCUT2D eigenvalue weighted by molar-refractivity contribution is -0.332. The molecule has 15 nitrogen and oxygen atoms in total. The maximum Gasteiger partial charge on any atom is 0.306 e. The monoisotopic (exact) mass is 943 g/mol. The number of hydrogen-bond acceptors (Lipinski definition) is 15. The summed E-state index contributed by atoms with van der Waals surface area (Å²) < 4.78 is 33.4. The summed E-state index contributed by atoms with van der Waals surface area (Å²) in [4.78, 5) is 25.7. The van der Waals surface area contributed by atoms with Gasteiger partial charge in [-0.2, -0.15) is 0 Å². The van der Waals surface area contributed by atoms with Crippen molar-refractivity contribution < 1.29 is 73.8 Å². The maximum atomic E-state index is 12.9. The van der Waals surface area contributed by atoms with Crippen LogP contribution in [-0.4, -0.2) is 142 Å². The molecule has 2 saturated heterocycles. The fourth-order valence-corrected chi connectivity index (χ4v) is 6.51. The first-order chi connectivity index (χ1) is 32.5. The van der Waals surface area contributed by atoms with Gasteiger partial charge in [0.25, 0.3) is 0 Å². The summed E-state index contributed by atoms with van der Waals surface area (Å²) in [5.41, 5.74) is 0. The van der Waals surface area contributed by atoms with Crippen LogP contribution in [0.1, 0.15) is 97.3 Å². The van der Waals surface area contributed by atoms with Crippen LogP contribution < -0.4 is 0 Å². The van der Waals surface area contributed by atoms with E-state index in [9.17, 15) is 45.3 Å². The third kappa shape index (κ3) is 26.3. The molecule has 2 rings (SSSR count). The normalized spacial score (nSPS) is 27.1. The zero-order valence-electron chi connectivity index (χ0n) is 39.3. The molecule has 7 N–H and O–H groups in total. The number of rotatable bonds is 33. The summed E-state index contributed by atoms with van der Waals surface area (Å²) in [6, 6.07) is 0. The molecule has 0 aliphatic carbocycles. The molecule has 0 spiro atoms. The topological polar surface area (TPSA) is 231 Å². The van der Waals surface area contributed by atoms with Crippen LogP contribution in [0.15, 0.2) is 122 Å². The first kappa shape index (κ1) is 59.0. The van der Waals surface area contributed by atoms with Crippen LogP contribution in [0.25, 0.3) is 0 Å². The van der Waals surface area contributed by atoms with Crippen LogP contribution in [0.4, 0.5) is 0 Å². The number of aliphatic hydroxyl groups excluding tert-OH is 7. The lowest BCUT2D eigenvalue weighted by atomic mass is 9.98. The minimum atomic E-state index is -1.79. The van der Waals surface area contributed by atoms with Crippen molar-refractivity contribution in [2.24, 2.45) is 0 Å². The van der Waals surface area contributed by atoms with Crippen LogP contribution in [0.5, 0.6) is 0 Å². The van der Waals surface area contributed by atoms with Gasteiger partial charge >= 0.3 is 11.9 Å². The molecule has 0 aromatic rings. The van der Waals surface area contributed by atoms with Gasteiger partial charge in [0.05, 0.1) is 19.8 Å². The van der Waals surface area contributed by atoms with Crippen molar-refractivity contribution in [3.05, 3.63) is 122 Å². The Morgan fingerprint density at radius 1 is 0.493 bits per heavy atom. The lowest BCUT2D eigenvalue weighted by Crippen LogP contribution is -2.61. The minimum absolute atomic E-state index is 0.0540. The van der Waals surface area contributed by atoms with E-state index >= 15 is 0 Å². The van der Waals surface area contributed by atoms with Gasteiger partial charge in [0, 0.05) is 12.8 Å². The van der Waals surface area contributed by atoms with Crippen LogP contribution in [-0.2, 0) is 38.0 Å². The zero-order valence-corrected chi connectivity index (χ0v) is 39.3. The minimum Gasteiger partial charge on any atom is -0.462 e. The number of esters is 2. The largest absolute Gasteiger partial charge is 0.462 e. The molecular weight excluding hydrogens is 865 g/mol. The quantitative estimate of drug-likeness (QED) is 0.0236. The molecular formula is C52H78O15. The number of carbonyl (C=O) groups excluding carboxylic acids is 2. The van der Waals surface area contributed by atoms with Gasteiger partial charge in [0.15, 0.2) is 18.7 Å². The molecule has 0 aromatic heterocycles. The fourth-order valence-electron chi connectivity index (χ4n) is 6.51. The summed E-state index contributed by atoms with van der Waals surface area (Å²) >= 11 is 0. The molecule has 67 heavy (non-hydrogen) atoms. The van der Waals surface area contributed by atoms with Gasteiger partial charge < -0.3 is 64.2 Å². The molecule has 15 heteroatoms. The molecule has 0 radical (unpaired) electrons. The Morgan fingerprint density at radius 2 is 0.955 bits per heavy atom. The zero-order chi connectivity index (χ0) is 48.9. The number of unbranched alkanes of at least 4 members (excludes halogenated alkanes) is 7. The van der Waals surface area contributed by atoms with E-state index in [4.69, 9.17) is 28.4 Å². The highest BCUT2D eigenvalue weighted by Gasteiger charge is 2.47. The van der Waals surface area contributed by atoms with Gasteiger partial charge in [0.2, 0.25) is 0 Å². The number of hydrogen-bond donors (Lipinski definition) is 7. The van der Waals surface area contributed by atoms with Crippen molar-refractivity contribution in [2.75, 3.05) is 26.4 Å². The summed E-state index contributed by atoms with van der Waals surface area (Å²) in [6.45, 7) is 2.20. The Kier molecular flexibility index (Phi) is 33.3. The molecule has 0 bridgehead atoms. The second-order valence-electron chi connectivity index (χ2n) is 16.1. The Hall–Kier alpha value is -4.10. The van der Waals surface area contributed by atoms with Gasteiger partial charge in [-0.15, -0.1) is 0 Å². The first-order valence-electron chi connectivity index (χ1n) is 23.8. The molecule has 2 aliphatic heterocycles. The molecule has 376 valence electrons. The van der Waals surface area contributed by atoms with E-state index in [0.29, 0.717) is 19.3 Å². The van der Waals surface area contributed by atoms with Crippen molar-refractivity contribution in [2.45, 2.75) is 165 Å². The van der Waals surface area contributed by atoms with E-state index in [0.717, 1.165) is 51.4 Å². The molecule has 2 aliphatic rings. The Morgan fingerprint density at radius 3 is 1.52 bits per heavy atom. The molecule has 0 aromatic carbocycles. The summed E-state index contributed by atoms with van der Waals surface area (Å²) in [6.07, 6.45) is 32.4. The highest BCUT2D eigenvalue weighted by molar-refractivity contribution is 5.70. The molecule has 2 fully saturated rings. The van der Waals surface area contributed by atoms with Gasteiger partial charge in [0.1, 0.15) is 55.4 Å². The van der Waals surface area contributed by atoms with Gasteiger partial charge in [-0.3, -0.25) is 9.59 Å². The van der Waals surface area contributed by atoms with E-state index in [1.54, 1.807) is 0 Å². The SMILES string of the molecule is CC/C=C/C=C/C=C/C=C/C=C/CCCC(=O)OC(COC(=O)CCCCCCC/C=C/C=C/C=C/C=C/C=C/CCC)CO[C@@H]1O[C@H](CO[C@@H]2O[C@H](CO)[C@H](O)C(O)C2O)[C@H](O)C(O)C1O. The van der Waals surface area contributed by atoms with E-state index in [2.05, 4.69) is 38.2 Å². The van der Waals surface area contributed by atoms with Crippen LogP contribution in [0, 0.1) is 0 Å². The van der Waals surface area contributed by atoms with Crippen LogP contribution in [0.2, 0.25) is 0 Å². The van der Waals surface area contributed by atoms with E-state index in [-0.39, 0.29) is 19.4 Å². The van der Waals surface area contributed by atoms with Crippen molar-refractivity contribution in [1.82, 2.24) is 0 Å². The van der Waals surface area contributed by atoms with Crippen molar-refractivity contribution in [1.29, 1.82) is 0 Å². The third-order valence-electron chi connectivity index (χ3n) is 10.4. The number of aliphatic hydroxyl groups is 7. The summed E-state index contributed by atoms with van der Waals surface area (Å²) in [5, 5.41) is 71.9. The predicted molar refractivity (Wildman–Crippen MR) is 256 cm³/mol. The number of carbonyl (C=O) groups is 2. The molecule has 5 unspecified atom stereocenters. The summed E-state index contributed by atoms with van der Waals surface area (Å²) in [5.74, 6) is -1.06. The van der Waals surface area contributed by atoms with Gasteiger partial charge in [-0.05, 0) is 44.9 Å². The van der Waals surface area contributed by atoms with Crippen molar-refractivity contribution in [3.63, 3.8) is 0 Å². The van der Waals surface area contributed by atoms with Crippen molar-refractivity contribution in [3.8, 4) is 0 Å². The predicted octanol–water partition coefficient (Wildman–Crippen LogP) is 5.76. The summed E-state index contributed by atoms with van der Waals surface area (Å²) in [7, 11) is 0. The van der Waals surface area contributed by atoms with Gasteiger partial charge in [-0.1, -0.05) is 161 Å². The Balaban J connectivity index is 1.88. The first-order valence-corrected chi connectivity index (χ1v) is 23.8. The van der Waals surface area contributed by atoms with Crippen LogP contribution in [0.3, 0.4) is 0 Å². The second kappa shape index (κ2) is 37.8. The average Bonchev–Trinajstić information content (AvgIpc) is 3.32. The third-order valence-corrected chi connectivity index (χ3v) is 10.4. The highest BCUT2D eigenvalue weighted by atomic mass is 16.7.